The van der Waals surface area contributed by atoms with Crippen molar-refractivity contribution in [3.63, 3.8) is 0 Å². The van der Waals surface area contributed by atoms with Crippen molar-refractivity contribution in [1.29, 1.82) is 0 Å². The van der Waals surface area contributed by atoms with Crippen LogP contribution in [0.15, 0.2) is 0 Å². The summed E-state index contributed by atoms with van der Waals surface area (Å²) < 4.78 is 0. The highest BCUT2D eigenvalue weighted by Gasteiger charge is 2.29. The number of rotatable bonds is 3. The summed E-state index contributed by atoms with van der Waals surface area (Å²) in [7, 11) is 0. The minimum Gasteiger partial charge on any atom is -0.396 e. The molecule has 2 aliphatic rings. The minimum atomic E-state index is 0.298. The summed E-state index contributed by atoms with van der Waals surface area (Å²) in [6.07, 6.45) is 6.60. The Labute approximate surface area is 91.5 Å². The van der Waals surface area contributed by atoms with Crippen LogP contribution in [0.3, 0.4) is 0 Å². The quantitative estimate of drug-likeness (QED) is 0.766. The van der Waals surface area contributed by atoms with Crippen LogP contribution in [-0.4, -0.2) is 35.6 Å². The van der Waals surface area contributed by atoms with Crippen LogP contribution in [0.25, 0.3) is 0 Å². The Kier molecular flexibility index (Phi) is 3.62. The smallest absolute Gasteiger partial charge is 0.222 e. The molecule has 1 N–H and O–H groups in total. The van der Waals surface area contributed by atoms with E-state index in [0.29, 0.717) is 24.3 Å². The first-order valence-electron chi connectivity index (χ1n) is 6.20. The van der Waals surface area contributed by atoms with Gasteiger partial charge in [-0.25, -0.2) is 0 Å². The standard InChI is InChI=1S/C12H21NO2/c14-9-11-5-2-1-4-10(11)8-13-7-3-6-12(13)15/h10-11,14H,1-9H2. The van der Waals surface area contributed by atoms with Crippen molar-refractivity contribution in [2.45, 2.75) is 38.5 Å². The molecule has 1 aliphatic heterocycles. The van der Waals surface area contributed by atoms with E-state index < -0.39 is 0 Å². The number of hydrogen-bond acceptors (Lipinski definition) is 2. The molecule has 0 bridgehead atoms. The minimum absolute atomic E-state index is 0.298. The van der Waals surface area contributed by atoms with Crippen molar-refractivity contribution in [1.82, 2.24) is 4.90 Å². The van der Waals surface area contributed by atoms with E-state index in [1.54, 1.807) is 0 Å². The maximum absolute atomic E-state index is 11.5. The number of aliphatic hydroxyl groups is 1. The summed E-state index contributed by atoms with van der Waals surface area (Å²) >= 11 is 0. The topological polar surface area (TPSA) is 40.5 Å². The normalized spacial score (nSPS) is 32.3. The van der Waals surface area contributed by atoms with E-state index in [1.807, 2.05) is 4.90 Å². The Morgan fingerprint density at radius 1 is 1.20 bits per heavy atom. The lowest BCUT2D eigenvalue weighted by atomic mass is 9.79. The molecular weight excluding hydrogens is 190 g/mol. The summed E-state index contributed by atoms with van der Waals surface area (Å²) in [4.78, 5) is 13.5. The maximum atomic E-state index is 11.5. The van der Waals surface area contributed by atoms with Gasteiger partial charge in [-0.1, -0.05) is 12.8 Å². The first-order chi connectivity index (χ1) is 7.31. The molecule has 1 saturated heterocycles. The molecule has 1 heterocycles. The zero-order valence-corrected chi connectivity index (χ0v) is 9.32. The van der Waals surface area contributed by atoms with Gasteiger partial charge in [-0.3, -0.25) is 4.79 Å². The predicted octanol–water partition coefficient (Wildman–Crippen LogP) is 1.41. The molecule has 3 heteroatoms. The van der Waals surface area contributed by atoms with Crippen molar-refractivity contribution >= 4 is 5.91 Å². The first kappa shape index (κ1) is 10.9. The fourth-order valence-electron chi connectivity index (χ4n) is 2.95. The van der Waals surface area contributed by atoms with Crippen LogP contribution < -0.4 is 0 Å². The third-order valence-corrected chi connectivity index (χ3v) is 3.93. The number of amides is 1. The van der Waals surface area contributed by atoms with E-state index in [-0.39, 0.29) is 0 Å². The summed E-state index contributed by atoms with van der Waals surface area (Å²) in [6, 6.07) is 0. The molecular formula is C12H21NO2. The molecule has 2 atom stereocenters. The van der Waals surface area contributed by atoms with E-state index in [1.165, 1.54) is 19.3 Å². The van der Waals surface area contributed by atoms with Crippen LogP contribution >= 0.6 is 0 Å². The molecule has 1 aliphatic carbocycles. The van der Waals surface area contributed by atoms with Crippen molar-refractivity contribution < 1.29 is 9.90 Å². The molecule has 0 aromatic rings. The van der Waals surface area contributed by atoms with E-state index in [4.69, 9.17) is 0 Å². The number of likely N-dealkylation sites (tertiary alicyclic amines) is 1. The average molecular weight is 211 g/mol. The van der Waals surface area contributed by atoms with Gasteiger partial charge < -0.3 is 10.0 Å². The Morgan fingerprint density at radius 3 is 2.53 bits per heavy atom. The molecule has 2 rings (SSSR count). The monoisotopic (exact) mass is 211 g/mol. The Balaban J connectivity index is 1.88. The summed E-state index contributed by atoms with van der Waals surface area (Å²) in [6.45, 7) is 2.13. The Morgan fingerprint density at radius 2 is 1.93 bits per heavy atom. The second kappa shape index (κ2) is 4.97. The molecule has 0 spiro atoms. The zero-order chi connectivity index (χ0) is 10.7. The molecule has 15 heavy (non-hydrogen) atoms. The van der Waals surface area contributed by atoms with Crippen LogP contribution in [0.4, 0.5) is 0 Å². The van der Waals surface area contributed by atoms with Gasteiger partial charge in [0.2, 0.25) is 5.91 Å². The van der Waals surface area contributed by atoms with Crippen LogP contribution in [0.1, 0.15) is 38.5 Å². The number of hydrogen-bond donors (Lipinski definition) is 1. The lowest BCUT2D eigenvalue weighted by Gasteiger charge is -2.33. The summed E-state index contributed by atoms with van der Waals surface area (Å²) in [5.41, 5.74) is 0. The number of nitrogens with zero attached hydrogens (tertiary/aromatic N) is 1. The SMILES string of the molecule is O=C1CCCN1CC1CCCCC1CO. The van der Waals surface area contributed by atoms with Gasteiger partial charge in [0, 0.05) is 26.1 Å². The number of aliphatic hydroxyl groups excluding tert-OH is 1. The van der Waals surface area contributed by atoms with Gasteiger partial charge in [0.05, 0.1) is 0 Å². The van der Waals surface area contributed by atoms with Crippen molar-refractivity contribution in [2.24, 2.45) is 11.8 Å². The number of carbonyl (C=O) groups is 1. The van der Waals surface area contributed by atoms with E-state index in [0.717, 1.165) is 32.4 Å². The van der Waals surface area contributed by atoms with Crippen LogP contribution in [0, 0.1) is 11.8 Å². The van der Waals surface area contributed by atoms with E-state index in [2.05, 4.69) is 0 Å². The number of carbonyl (C=O) groups excluding carboxylic acids is 1. The largest absolute Gasteiger partial charge is 0.396 e. The van der Waals surface area contributed by atoms with Crippen molar-refractivity contribution in [3.05, 3.63) is 0 Å². The van der Waals surface area contributed by atoms with Gasteiger partial charge in [0.15, 0.2) is 0 Å². The second-order valence-corrected chi connectivity index (χ2v) is 4.93. The first-order valence-corrected chi connectivity index (χ1v) is 6.20. The van der Waals surface area contributed by atoms with Gasteiger partial charge in [-0.05, 0) is 31.1 Å². The van der Waals surface area contributed by atoms with Gasteiger partial charge in [-0.2, -0.15) is 0 Å². The van der Waals surface area contributed by atoms with E-state index >= 15 is 0 Å². The lowest BCUT2D eigenvalue weighted by Crippen LogP contribution is -2.36. The Bertz CT molecular complexity index is 230. The highest BCUT2D eigenvalue weighted by atomic mass is 16.3. The molecule has 2 unspecified atom stereocenters. The molecule has 2 fully saturated rings. The maximum Gasteiger partial charge on any atom is 0.222 e. The second-order valence-electron chi connectivity index (χ2n) is 4.93. The van der Waals surface area contributed by atoms with Crippen LogP contribution in [-0.2, 0) is 4.79 Å². The highest BCUT2D eigenvalue weighted by molar-refractivity contribution is 5.78. The molecule has 0 aromatic carbocycles. The third-order valence-electron chi connectivity index (χ3n) is 3.93. The Hall–Kier alpha value is -0.570. The molecule has 0 aromatic heterocycles. The third kappa shape index (κ3) is 2.51. The van der Waals surface area contributed by atoms with Crippen molar-refractivity contribution in [2.75, 3.05) is 19.7 Å². The average Bonchev–Trinajstić information content (AvgIpc) is 2.65. The highest BCUT2D eigenvalue weighted by Crippen LogP contribution is 2.31. The molecule has 86 valence electrons. The van der Waals surface area contributed by atoms with Crippen LogP contribution in [0.5, 0.6) is 0 Å². The van der Waals surface area contributed by atoms with Gasteiger partial charge in [0.1, 0.15) is 0 Å². The molecule has 3 nitrogen and oxygen atoms in total. The summed E-state index contributed by atoms with van der Waals surface area (Å²) in [5.74, 6) is 1.30. The fraction of sp³-hybridized carbons (Fsp3) is 0.917. The van der Waals surface area contributed by atoms with Gasteiger partial charge in [0.25, 0.3) is 0 Å². The summed E-state index contributed by atoms with van der Waals surface area (Å²) in [5, 5.41) is 9.30. The van der Waals surface area contributed by atoms with Gasteiger partial charge >= 0.3 is 0 Å². The molecule has 1 saturated carbocycles. The lowest BCUT2D eigenvalue weighted by molar-refractivity contribution is -0.128. The zero-order valence-electron chi connectivity index (χ0n) is 9.32. The van der Waals surface area contributed by atoms with Crippen molar-refractivity contribution in [3.8, 4) is 0 Å². The van der Waals surface area contributed by atoms with E-state index in [9.17, 15) is 9.90 Å². The molecule has 0 radical (unpaired) electrons. The molecule has 1 amide bonds. The predicted molar refractivity (Wildman–Crippen MR) is 58.3 cm³/mol. The fourth-order valence-corrected chi connectivity index (χ4v) is 2.95. The van der Waals surface area contributed by atoms with Crippen LogP contribution in [0.2, 0.25) is 0 Å². The van der Waals surface area contributed by atoms with Gasteiger partial charge in [-0.15, -0.1) is 0 Å².